The van der Waals surface area contributed by atoms with E-state index in [1.54, 1.807) is 31.4 Å². The number of H-pyrrole nitrogens is 1. The second kappa shape index (κ2) is 10.7. The number of pyridine rings is 1. The highest BCUT2D eigenvalue weighted by Crippen LogP contribution is 2.40. The van der Waals surface area contributed by atoms with Gasteiger partial charge < -0.3 is 19.5 Å². The summed E-state index contributed by atoms with van der Waals surface area (Å²) in [7, 11) is 1.56. The molecule has 0 amide bonds. The predicted octanol–water partition coefficient (Wildman–Crippen LogP) is 5.02. The molecule has 4 aromatic rings. The third-order valence-electron chi connectivity index (χ3n) is 5.90. The topological polar surface area (TPSA) is 84.5 Å². The minimum absolute atomic E-state index is 0.111. The van der Waals surface area contributed by atoms with Gasteiger partial charge in [-0.2, -0.15) is 5.10 Å². The highest BCUT2D eigenvalue weighted by atomic mass is 35.5. The van der Waals surface area contributed by atoms with Crippen LogP contribution < -0.4 is 14.8 Å². The van der Waals surface area contributed by atoms with Gasteiger partial charge in [0.05, 0.1) is 31.0 Å². The number of methoxy groups -OCH3 is 1. The maximum Gasteiger partial charge on any atom is 0.162 e. The first-order valence-corrected chi connectivity index (χ1v) is 11.8. The Morgan fingerprint density at radius 3 is 2.72 bits per heavy atom. The van der Waals surface area contributed by atoms with Crippen LogP contribution in [-0.4, -0.2) is 66.6 Å². The molecule has 0 aliphatic carbocycles. The largest absolute Gasteiger partial charge is 0.493 e. The minimum Gasteiger partial charge on any atom is -0.493 e. The van der Waals surface area contributed by atoms with E-state index in [9.17, 15) is 8.78 Å². The summed E-state index contributed by atoms with van der Waals surface area (Å²) in [5, 5.41) is 11.3. The van der Waals surface area contributed by atoms with Gasteiger partial charge in [-0.15, -0.1) is 0 Å². The molecule has 1 fully saturated rings. The SMILES string of the molecule is COc1cc(Cl)c(-c2n[nH]c3nc(Nc4ccc(F)cc4F)ccc23)cc1OCCN1CCOCC1. The van der Waals surface area contributed by atoms with E-state index in [1.165, 1.54) is 12.1 Å². The van der Waals surface area contributed by atoms with Crippen LogP contribution in [0.2, 0.25) is 5.02 Å². The van der Waals surface area contributed by atoms with E-state index >= 15 is 0 Å². The van der Waals surface area contributed by atoms with Crippen LogP contribution in [0.25, 0.3) is 22.3 Å². The number of benzene rings is 2. The number of ether oxygens (including phenoxy) is 3. The van der Waals surface area contributed by atoms with Crippen LogP contribution in [0.15, 0.2) is 42.5 Å². The molecule has 36 heavy (non-hydrogen) atoms. The number of aromatic nitrogens is 3. The molecule has 0 spiro atoms. The van der Waals surface area contributed by atoms with Crippen molar-refractivity contribution in [2.75, 3.05) is 51.9 Å². The molecule has 0 atom stereocenters. The molecule has 5 rings (SSSR count). The maximum atomic E-state index is 14.0. The number of anilines is 2. The number of morpholine rings is 1. The van der Waals surface area contributed by atoms with Gasteiger partial charge in [-0.3, -0.25) is 10.00 Å². The Hall–Kier alpha value is -3.47. The van der Waals surface area contributed by atoms with Gasteiger partial charge >= 0.3 is 0 Å². The average Bonchev–Trinajstić information content (AvgIpc) is 3.30. The van der Waals surface area contributed by atoms with Crippen molar-refractivity contribution < 1.29 is 23.0 Å². The smallest absolute Gasteiger partial charge is 0.162 e. The van der Waals surface area contributed by atoms with Crippen LogP contribution >= 0.6 is 11.6 Å². The van der Waals surface area contributed by atoms with Crippen molar-refractivity contribution in [3.8, 4) is 22.8 Å². The number of halogens is 3. The Balaban J connectivity index is 1.38. The Kier molecular flexibility index (Phi) is 7.17. The van der Waals surface area contributed by atoms with Gasteiger partial charge in [0.1, 0.15) is 29.8 Å². The monoisotopic (exact) mass is 515 g/mol. The first-order valence-electron chi connectivity index (χ1n) is 11.4. The molecule has 2 N–H and O–H groups in total. The zero-order chi connectivity index (χ0) is 25.1. The zero-order valence-electron chi connectivity index (χ0n) is 19.5. The lowest BCUT2D eigenvalue weighted by molar-refractivity contribution is 0.0321. The maximum absolute atomic E-state index is 14.0. The van der Waals surface area contributed by atoms with E-state index in [2.05, 4.69) is 25.4 Å². The van der Waals surface area contributed by atoms with Crippen LogP contribution in [-0.2, 0) is 4.74 Å². The third-order valence-corrected chi connectivity index (χ3v) is 6.21. The number of nitrogens with one attached hydrogen (secondary N) is 2. The number of nitrogens with zero attached hydrogens (tertiary/aromatic N) is 3. The van der Waals surface area contributed by atoms with Crippen molar-refractivity contribution in [2.24, 2.45) is 0 Å². The van der Waals surface area contributed by atoms with Crippen molar-refractivity contribution in [1.29, 1.82) is 0 Å². The molecule has 1 saturated heterocycles. The summed E-state index contributed by atoms with van der Waals surface area (Å²) in [6.45, 7) is 4.46. The highest BCUT2D eigenvalue weighted by molar-refractivity contribution is 6.33. The molecular weight excluding hydrogens is 492 g/mol. The van der Waals surface area contributed by atoms with Gasteiger partial charge in [-0.1, -0.05) is 11.6 Å². The van der Waals surface area contributed by atoms with E-state index in [1.807, 2.05) is 0 Å². The molecule has 1 aliphatic heterocycles. The molecule has 0 saturated carbocycles. The molecule has 2 aromatic carbocycles. The Morgan fingerprint density at radius 2 is 1.94 bits per heavy atom. The van der Waals surface area contributed by atoms with Crippen LogP contribution in [0.4, 0.5) is 20.3 Å². The average molecular weight is 516 g/mol. The van der Waals surface area contributed by atoms with Crippen molar-refractivity contribution in [3.63, 3.8) is 0 Å². The standard InChI is InChI=1S/C25H24ClF2N5O3/c1-34-21-14-18(26)17(13-22(21)36-11-8-33-6-9-35-10-7-33)24-16-3-5-23(30-25(16)32-31-24)29-20-4-2-15(27)12-19(20)28/h2-5,12-14H,6-11H2,1H3,(H2,29,30,31,32). The molecule has 0 bridgehead atoms. The summed E-state index contributed by atoms with van der Waals surface area (Å²) in [5.74, 6) is 0.0841. The second-order valence-corrected chi connectivity index (χ2v) is 8.61. The molecule has 3 heterocycles. The first kappa shape index (κ1) is 24.2. The lowest BCUT2D eigenvalue weighted by Gasteiger charge is -2.26. The number of hydrogen-bond donors (Lipinski definition) is 2. The quantitative estimate of drug-likeness (QED) is 0.341. The van der Waals surface area contributed by atoms with E-state index in [-0.39, 0.29) is 5.69 Å². The lowest BCUT2D eigenvalue weighted by atomic mass is 10.1. The third kappa shape index (κ3) is 5.20. The second-order valence-electron chi connectivity index (χ2n) is 8.20. The summed E-state index contributed by atoms with van der Waals surface area (Å²) in [6.07, 6.45) is 0. The predicted molar refractivity (Wildman–Crippen MR) is 133 cm³/mol. The van der Waals surface area contributed by atoms with Crippen molar-refractivity contribution in [3.05, 3.63) is 59.1 Å². The Bertz CT molecular complexity index is 1380. The van der Waals surface area contributed by atoms with E-state index in [0.717, 1.165) is 38.9 Å². The summed E-state index contributed by atoms with van der Waals surface area (Å²) >= 11 is 6.58. The van der Waals surface area contributed by atoms with Crippen LogP contribution in [0, 0.1) is 11.6 Å². The first-order chi connectivity index (χ1) is 17.5. The number of fused-ring (bicyclic) bond motifs is 1. The van der Waals surface area contributed by atoms with Crippen molar-refractivity contribution in [1.82, 2.24) is 20.1 Å². The zero-order valence-corrected chi connectivity index (χ0v) is 20.2. The van der Waals surface area contributed by atoms with Crippen molar-refractivity contribution >= 4 is 34.1 Å². The molecule has 11 heteroatoms. The fourth-order valence-electron chi connectivity index (χ4n) is 4.01. The van der Waals surface area contributed by atoms with Gasteiger partial charge in [0.15, 0.2) is 17.1 Å². The van der Waals surface area contributed by atoms with Gasteiger partial charge in [-0.25, -0.2) is 13.8 Å². The van der Waals surface area contributed by atoms with Gasteiger partial charge in [0.2, 0.25) is 0 Å². The molecular formula is C25H24ClF2N5O3. The van der Waals surface area contributed by atoms with E-state index in [0.29, 0.717) is 51.2 Å². The Labute approximate surface area is 211 Å². The number of rotatable bonds is 8. The fourth-order valence-corrected chi connectivity index (χ4v) is 4.25. The summed E-state index contributed by atoms with van der Waals surface area (Å²) in [6, 6.07) is 10.3. The van der Waals surface area contributed by atoms with E-state index < -0.39 is 11.6 Å². The Morgan fingerprint density at radius 1 is 1.11 bits per heavy atom. The van der Waals surface area contributed by atoms with Gasteiger partial charge in [0.25, 0.3) is 0 Å². The van der Waals surface area contributed by atoms with Crippen LogP contribution in [0.1, 0.15) is 0 Å². The van der Waals surface area contributed by atoms with Gasteiger partial charge in [0, 0.05) is 42.7 Å². The normalized spacial score (nSPS) is 14.2. The molecule has 188 valence electrons. The molecule has 2 aromatic heterocycles. The fraction of sp³-hybridized carbons (Fsp3) is 0.280. The van der Waals surface area contributed by atoms with Crippen LogP contribution in [0.3, 0.4) is 0 Å². The summed E-state index contributed by atoms with van der Waals surface area (Å²) in [4.78, 5) is 6.74. The summed E-state index contributed by atoms with van der Waals surface area (Å²) in [5.41, 5.74) is 1.82. The number of aromatic amines is 1. The minimum atomic E-state index is -0.714. The van der Waals surface area contributed by atoms with Crippen molar-refractivity contribution in [2.45, 2.75) is 0 Å². The van der Waals surface area contributed by atoms with Gasteiger partial charge in [-0.05, 0) is 30.3 Å². The number of hydrogen-bond acceptors (Lipinski definition) is 7. The summed E-state index contributed by atoms with van der Waals surface area (Å²) < 4.78 is 44.1. The molecule has 1 aliphatic rings. The van der Waals surface area contributed by atoms with Crippen LogP contribution in [0.5, 0.6) is 11.5 Å². The molecule has 8 nitrogen and oxygen atoms in total. The van der Waals surface area contributed by atoms with E-state index in [4.69, 9.17) is 25.8 Å². The highest BCUT2D eigenvalue weighted by Gasteiger charge is 2.18. The molecule has 0 radical (unpaired) electrons. The lowest BCUT2D eigenvalue weighted by Crippen LogP contribution is -2.38. The molecule has 0 unspecified atom stereocenters.